The number of methoxy groups -OCH3 is 5. The lowest BCUT2D eigenvalue weighted by Gasteiger charge is -2.43. The standard InChI is InChI=1S/C31H43N3O6/c1-32(2)19-25-20-33(18-21-13-28(38-5)30(40-7)29(14-21)39-6)11-12-34(25)31(35)23-10-8-9-22-16-26(36-3)27(37-4)17-24(22)15-23/h13-17,25H,8-12,18-20H2,1-7H3. The number of aryl methyl sites for hydroxylation is 1. The Hall–Kier alpha value is -3.43. The second-order valence-electron chi connectivity index (χ2n) is 10.6. The summed E-state index contributed by atoms with van der Waals surface area (Å²) in [4.78, 5) is 20.6. The predicted octanol–water partition coefficient (Wildman–Crippen LogP) is 3.72. The minimum absolute atomic E-state index is 0.0623. The van der Waals surface area contributed by atoms with Gasteiger partial charge in [-0.15, -0.1) is 0 Å². The molecule has 2 aromatic carbocycles. The highest BCUT2D eigenvalue weighted by Gasteiger charge is 2.33. The van der Waals surface area contributed by atoms with Crippen molar-refractivity contribution >= 4 is 12.0 Å². The van der Waals surface area contributed by atoms with Gasteiger partial charge in [0.05, 0.1) is 41.6 Å². The summed E-state index contributed by atoms with van der Waals surface area (Å²) < 4.78 is 27.6. The first-order valence-electron chi connectivity index (χ1n) is 13.7. The number of carbonyl (C=O) groups excluding carboxylic acids is 1. The topological polar surface area (TPSA) is 72.9 Å². The number of fused-ring (bicyclic) bond motifs is 1. The Bertz CT molecular complexity index is 1200. The van der Waals surface area contributed by atoms with Crippen molar-refractivity contribution in [3.05, 3.63) is 46.5 Å². The number of amides is 1. The van der Waals surface area contributed by atoms with E-state index in [0.717, 1.165) is 67.9 Å². The summed E-state index contributed by atoms with van der Waals surface area (Å²) >= 11 is 0. The van der Waals surface area contributed by atoms with Crippen LogP contribution in [0.3, 0.4) is 0 Å². The molecule has 1 unspecified atom stereocenters. The van der Waals surface area contributed by atoms with E-state index >= 15 is 0 Å². The van der Waals surface area contributed by atoms with E-state index in [1.165, 1.54) is 5.56 Å². The Morgan fingerprint density at radius 3 is 2.10 bits per heavy atom. The van der Waals surface area contributed by atoms with Crippen molar-refractivity contribution in [3.63, 3.8) is 0 Å². The Morgan fingerprint density at radius 1 is 0.850 bits per heavy atom. The number of carbonyl (C=O) groups is 1. The van der Waals surface area contributed by atoms with Crippen molar-refractivity contribution in [2.75, 3.05) is 75.8 Å². The van der Waals surface area contributed by atoms with Gasteiger partial charge >= 0.3 is 0 Å². The van der Waals surface area contributed by atoms with Crippen LogP contribution in [0.4, 0.5) is 0 Å². The van der Waals surface area contributed by atoms with E-state index in [1.54, 1.807) is 35.5 Å². The van der Waals surface area contributed by atoms with E-state index in [9.17, 15) is 4.79 Å². The number of hydrogen-bond donors (Lipinski definition) is 0. The summed E-state index contributed by atoms with van der Waals surface area (Å²) in [6.07, 6.45) is 4.62. The fourth-order valence-electron chi connectivity index (χ4n) is 5.76. The van der Waals surface area contributed by atoms with Crippen molar-refractivity contribution in [1.82, 2.24) is 14.7 Å². The molecule has 1 heterocycles. The van der Waals surface area contributed by atoms with E-state index in [1.807, 2.05) is 24.3 Å². The van der Waals surface area contributed by atoms with Gasteiger partial charge in [-0.3, -0.25) is 9.69 Å². The molecule has 0 N–H and O–H groups in total. The zero-order valence-electron chi connectivity index (χ0n) is 24.9. The molecule has 1 amide bonds. The molecule has 218 valence electrons. The Balaban J connectivity index is 1.55. The lowest BCUT2D eigenvalue weighted by molar-refractivity contribution is -0.132. The molecule has 0 saturated carbocycles. The predicted molar refractivity (Wildman–Crippen MR) is 156 cm³/mol. The highest BCUT2D eigenvalue weighted by molar-refractivity contribution is 5.98. The molecule has 9 heteroatoms. The van der Waals surface area contributed by atoms with Gasteiger partial charge in [-0.25, -0.2) is 0 Å². The van der Waals surface area contributed by atoms with Crippen molar-refractivity contribution in [3.8, 4) is 28.7 Å². The third kappa shape index (κ3) is 6.47. The molecule has 1 atom stereocenters. The number of hydrogen-bond acceptors (Lipinski definition) is 8. The molecule has 1 fully saturated rings. The fourth-order valence-corrected chi connectivity index (χ4v) is 5.76. The quantitative estimate of drug-likeness (QED) is 0.441. The summed E-state index contributed by atoms with van der Waals surface area (Å²) in [5, 5.41) is 0. The minimum Gasteiger partial charge on any atom is -0.493 e. The van der Waals surface area contributed by atoms with E-state index < -0.39 is 0 Å². The number of piperazine rings is 1. The molecule has 2 aliphatic rings. The van der Waals surface area contributed by atoms with Crippen LogP contribution in [0, 0.1) is 0 Å². The minimum atomic E-state index is 0.0623. The van der Waals surface area contributed by atoms with Gasteiger partial charge in [0, 0.05) is 38.3 Å². The van der Waals surface area contributed by atoms with Gasteiger partial charge in [-0.2, -0.15) is 0 Å². The van der Waals surface area contributed by atoms with Gasteiger partial charge in [0.25, 0.3) is 0 Å². The van der Waals surface area contributed by atoms with Gasteiger partial charge in [0.1, 0.15) is 0 Å². The SMILES string of the molecule is COc1cc2c(cc1OC)CCCC(C(=O)N1CCN(Cc3cc(OC)c(OC)c(OC)c3)CC1CN(C)C)=C2. The maximum absolute atomic E-state index is 14.0. The zero-order valence-corrected chi connectivity index (χ0v) is 24.9. The maximum Gasteiger partial charge on any atom is 0.250 e. The number of rotatable bonds is 10. The van der Waals surface area contributed by atoms with Crippen molar-refractivity contribution < 1.29 is 28.5 Å². The molecular formula is C31H43N3O6. The van der Waals surface area contributed by atoms with Gasteiger partial charge in [-0.1, -0.05) is 0 Å². The van der Waals surface area contributed by atoms with E-state index in [2.05, 4.69) is 34.9 Å². The van der Waals surface area contributed by atoms with E-state index in [0.29, 0.717) is 29.5 Å². The summed E-state index contributed by atoms with van der Waals surface area (Å²) in [6, 6.07) is 8.08. The molecule has 0 radical (unpaired) electrons. The molecule has 1 saturated heterocycles. The zero-order chi connectivity index (χ0) is 28.8. The number of nitrogens with zero attached hydrogens (tertiary/aromatic N) is 3. The van der Waals surface area contributed by atoms with Crippen LogP contribution in [-0.2, 0) is 17.8 Å². The molecule has 4 rings (SSSR count). The van der Waals surface area contributed by atoms with Gasteiger partial charge < -0.3 is 33.5 Å². The fraction of sp³-hybridized carbons (Fsp3) is 0.516. The highest BCUT2D eigenvalue weighted by Crippen LogP contribution is 2.39. The highest BCUT2D eigenvalue weighted by atomic mass is 16.5. The van der Waals surface area contributed by atoms with Gasteiger partial charge in [0.2, 0.25) is 11.7 Å². The average molecular weight is 554 g/mol. The lowest BCUT2D eigenvalue weighted by Crippen LogP contribution is -2.58. The van der Waals surface area contributed by atoms with E-state index in [4.69, 9.17) is 23.7 Å². The first-order valence-corrected chi connectivity index (χ1v) is 13.7. The van der Waals surface area contributed by atoms with Crippen LogP contribution < -0.4 is 23.7 Å². The Labute approximate surface area is 238 Å². The summed E-state index contributed by atoms with van der Waals surface area (Å²) in [5.41, 5.74) is 4.14. The van der Waals surface area contributed by atoms with Crippen molar-refractivity contribution in [1.29, 1.82) is 0 Å². The second kappa shape index (κ2) is 13.3. The molecule has 0 spiro atoms. The molecule has 1 aliphatic carbocycles. The van der Waals surface area contributed by atoms with Crippen molar-refractivity contribution in [2.24, 2.45) is 0 Å². The van der Waals surface area contributed by atoms with Crippen LogP contribution in [0.15, 0.2) is 29.8 Å². The Kier molecular flexibility index (Phi) is 9.81. The summed E-state index contributed by atoms with van der Waals surface area (Å²) in [5.74, 6) is 3.40. The molecule has 1 aliphatic heterocycles. The van der Waals surface area contributed by atoms with Crippen molar-refractivity contribution in [2.45, 2.75) is 31.8 Å². The maximum atomic E-state index is 14.0. The van der Waals surface area contributed by atoms with Gasteiger partial charge in [-0.05, 0) is 80.4 Å². The van der Waals surface area contributed by atoms with Crippen LogP contribution >= 0.6 is 0 Å². The largest absolute Gasteiger partial charge is 0.493 e. The monoisotopic (exact) mass is 553 g/mol. The van der Waals surface area contributed by atoms with Crippen LogP contribution in [-0.4, -0.2) is 102 Å². The molecule has 2 aromatic rings. The second-order valence-corrected chi connectivity index (χ2v) is 10.6. The molecular weight excluding hydrogens is 510 g/mol. The first-order chi connectivity index (χ1) is 19.3. The van der Waals surface area contributed by atoms with Crippen LogP contribution in [0.1, 0.15) is 29.5 Å². The third-order valence-corrected chi connectivity index (χ3v) is 7.68. The number of likely N-dealkylation sites (N-methyl/N-ethyl adjacent to an activating group) is 1. The number of ether oxygens (including phenoxy) is 5. The molecule has 0 aromatic heterocycles. The molecule has 0 bridgehead atoms. The Morgan fingerprint density at radius 2 is 1.50 bits per heavy atom. The third-order valence-electron chi connectivity index (χ3n) is 7.68. The smallest absolute Gasteiger partial charge is 0.250 e. The normalized spacial score (nSPS) is 17.6. The van der Waals surface area contributed by atoms with Gasteiger partial charge in [0.15, 0.2) is 23.0 Å². The molecule has 40 heavy (non-hydrogen) atoms. The van der Waals surface area contributed by atoms with Crippen LogP contribution in [0.2, 0.25) is 0 Å². The number of benzene rings is 2. The summed E-state index contributed by atoms with van der Waals surface area (Å²) in [7, 11) is 12.3. The summed E-state index contributed by atoms with van der Waals surface area (Å²) in [6.45, 7) is 3.72. The lowest BCUT2D eigenvalue weighted by atomic mass is 10.0. The van der Waals surface area contributed by atoms with Crippen LogP contribution in [0.5, 0.6) is 28.7 Å². The van der Waals surface area contributed by atoms with E-state index in [-0.39, 0.29) is 11.9 Å². The van der Waals surface area contributed by atoms with Crippen LogP contribution in [0.25, 0.3) is 6.08 Å². The average Bonchev–Trinajstić information content (AvgIpc) is 3.17. The molecule has 9 nitrogen and oxygen atoms in total. The first kappa shape index (κ1) is 29.6.